The van der Waals surface area contributed by atoms with E-state index in [1.807, 2.05) is 20.8 Å². The van der Waals surface area contributed by atoms with Crippen molar-refractivity contribution in [2.45, 2.75) is 58.6 Å². The summed E-state index contributed by atoms with van der Waals surface area (Å²) in [6.45, 7) is 7.08. The number of benzene rings is 1. The monoisotopic (exact) mass is 412 g/mol. The van der Waals surface area contributed by atoms with Crippen molar-refractivity contribution in [2.24, 2.45) is 5.92 Å². The lowest BCUT2D eigenvalue weighted by Gasteiger charge is -2.33. The third-order valence-electron chi connectivity index (χ3n) is 5.53. The topological polar surface area (TPSA) is 93.5 Å². The van der Waals surface area contributed by atoms with E-state index in [0.29, 0.717) is 42.6 Å². The van der Waals surface area contributed by atoms with Gasteiger partial charge in [-0.05, 0) is 58.2 Å². The molecule has 3 heterocycles. The fourth-order valence-electron chi connectivity index (χ4n) is 4.09. The standard InChI is InChI=1S/C22H28N4O4/c1-22(2,3)30-21(29)25-10-4-6-14(13-25)19(27)23-15-8-9-17-16(12-15)20(28)26-11-5-7-18(26)24-17/h8-9,12,14H,4-7,10-11,13H2,1-3H3,(H,23,27). The van der Waals surface area contributed by atoms with E-state index in [2.05, 4.69) is 10.3 Å². The summed E-state index contributed by atoms with van der Waals surface area (Å²) in [4.78, 5) is 44.1. The number of hydrogen-bond donors (Lipinski definition) is 1. The third kappa shape index (κ3) is 4.17. The summed E-state index contributed by atoms with van der Waals surface area (Å²) in [6.07, 6.45) is 2.80. The van der Waals surface area contributed by atoms with Crippen LogP contribution in [0.5, 0.6) is 0 Å². The van der Waals surface area contributed by atoms with Gasteiger partial charge in [0.15, 0.2) is 0 Å². The number of nitrogens with zero attached hydrogens (tertiary/aromatic N) is 3. The highest BCUT2D eigenvalue weighted by atomic mass is 16.6. The molecule has 2 amide bonds. The van der Waals surface area contributed by atoms with E-state index in [0.717, 1.165) is 25.1 Å². The summed E-state index contributed by atoms with van der Waals surface area (Å²) in [7, 11) is 0. The van der Waals surface area contributed by atoms with Crippen molar-refractivity contribution in [1.82, 2.24) is 14.5 Å². The highest BCUT2D eigenvalue weighted by molar-refractivity contribution is 5.95. The van der Waals surface area contributed by atoms with Gasteiger partial charge in [0.1, 0.15) is 11.4 Å². The summed E-state index contributed by atoms with van der Waals surface area (Å²) in [6, 6.07) is 5.25. The lowest BCUT2D eigenvalue weighted by atomic mass is 9.97. The molecule has 8 heteroatoms. The number of ether oxygens (including phenoxy) is 1. The van der Waals surface area contributed by atoms with Gasteiger partial charge in [-0.3, -0.25) is 14.2 Å². The second-order valence-corrected chi connectivity index (χ2v) is 9.08. The van der Waals surface area contributed by atoms with Crippen LogP contribution in [0.3, 0.4) is 0 Å². The molecule has 0 saturated carbocycles. The van der Waals surface area contributed by atoms with Crippen molar-refractivity contribution in [3.8, 4) is 0 Å². The lowest BCUT2D eigenvalue weighted by Crippen LogP contribution is -2.45. The quantitative estimate of drug-likeness (QED) is 0.819. The number of aryl methyl sites for hydroxylation is 1. The number of hydrogen-bond acceptors (Lipinski definition) is 5. The van der Waals surface area contributed by atoms with Crippen LogP contribution in [-0.2, 0) is 22.5 Å². The van der Waals surface area contributed by atoms with E-state index in [4.69, 9.17) is 4.74 Å². The van der Waals surface area contributed by atoms with E-state index >= 15 is 0 Å². The predicted molar refractivity (Wildman–Crippen MR) is 113 cm³/mol. The zero-order chi connectivity index (χ0) is 21.5. The van der Waals surface area contributed by atoms with Gasteiger partial charge in [-0.2, -0.15) is 0 Å². The van der Waals surface area contributed by atoms with Crippen LogP contribution in [0.15, 0.2) is 23.0 Å². The van der Waals surface area contributed by atoms with Crippen LogP contribution < -0.4 is 10.9 Å². The van der Waals surface area contributed by atoms with Gasteiger partial charge in [-0.1, -0.05) is 0 Å². The van der Waals surface area contributed by atoms with Crippen molar-refractivity contribution in [2.75, 3.05) is 18.4 Å². The number of piperidine rings is 1. The molecule has 1 atom stereocenters. The van der Waals surface area contributed by atoms with Gasteiger partial charge in [0.25, 0.3) is 5.56 Å². The molecule has 2 aliphatic rings. The van der Waals surface area contributed by atoms with Crippen molar-refractivity contribution in [3.63, 3.8) is 0 Å². The number of likely N-dealkylation sites (tertiary alicyclic amines) is 1. The fourth-order valence-corrected chi connectivity index (χ4v) is 4.09. The minimum absolute atomic E-state index is 0.0580. The zero-order valence-corrected chi connectivity index (χ0v) is 17.7. The van der Waals surface area contributed by atoms with E-state index < -0.39 is 11.7 Å². The van der Waals surface area contributed by atoms with E-state index in [9.17, 15) is 14.4 Å². The Balaban J connectivity index is 1.47. The highest BCUT2D eigenvalue weighted by Gasteiger charge is 2.31. The molecular formula is C22H28N4O4. The average Bonchev–Trinajstić information content (AvgIpc) is 3.16. The van der Waals surface area contributed by atoms with Crippen molar-refractivity contribution < 1.29 is 14.3 Å². The molecule has 1 N–H and O–H groups in total. The minimum atomic E-state index is -0.570. The largest absolute Gasteiger partial charge is 0.444 e. The predicted octanol–water partition coefficient (Wildman–Crippen LogP) is 2.93. The van der Waals surface area contributed by atoms with Gasteiger partial charge < -0.3 is 15.0 Å². The molecule has 0 spiro atoms. The van der Waals surface area contributed by atoms with Gasteiger partial charge in [0.05, 0.1) is 16.8 Å². The number of rotatable bonds is 2. The van der Waals surface area contributed by atoms with Crippen molar-refractivity contribution in [1.29, 1.82) is 0 Å². The number of carbonyl (C=O) groups excluding carboxylic acids is 2. The van der Waals surface area contributed by atoms with Gasteiger partial charge in [0.2, 0.25) is 5.91 Å². The van der Waals surface area contributed by atoms with Crippen LogP contribution in [0.1, 0.15) is 45.9 Å². The van der Waals surface area contributed by atoms with E-state index in [-0.39, 0.29) is 17.4 Å². The van der Waals surface area contributed by atoms with Crippen LogP contribution in [0.2, 0.25) is 0 Å². The molecule has 4 rings (SSSR count). The summed E-state index contributed by atoms with van der Waals surface area (Å²) in [5.74, 6) is 0.353. The second kappa shape index (κ2) is 7.74. The number of fused-ring (bicyclic) bond motifs is 2. The van der Waals surface area contributed by atoms with E-state index in [1.165, 1.54) is 0 Å². The minimum Gasteiger partial charge on any atom is -0.444 e. The van der Waals surface area contributed by atoms with Gasteiger partial charge in [-0.15, -0.1) is 0 Å². The molecule has 2 aliphatic heterocycles. The zero-order valence-electron chi connectivity index (χ0n) is 17.7. The Morgan fingerprint density at radius 1 is 1.20 bits per heavy atom. The van der Waals surface area contributed by atoms with Crippen LogP contribution in [-0.4, -0.2) is 45.1 Å². The molecular weight excluding hydrogens is 384 g/mol. The molecule has 1 fully saturated rings. The number of carbonyl (C=O) groups is 2. The number of amides is 2. The first-order valence-electron chi connectivity index (χ1n) is 10.5. The Hall–Kier alpha value is -2.90. The summed E-state index contributed by atoms with van der Waals surface area (Å²) >= 11 is 0. The normalized spacial score (nSPS) is 18.9. The molecule has 0 radical (unpaired) electrons. The SMILES string of the molecule is CC(C)(C)OC(=O)N1CCCC(C(=O)Nc2ccc3nc4n(c(=O)c3c2)CCC4)C1. The molecule has 1 aromatic heterocycles. The smallest absolute Gasteiger partial charge is 0.410 e. The third-order valence-corrected chi connectivity index (χ3v) is 5.53. The Kier molecular flexibility index (Phi) is 5.26. The number of aromatic nitrogens is 2. The maximum atomic E-state index is 12.8. The van der Waals surface area contributed by atoms with Gasteiger partial charge >= 0.3 is 6.09 Å². The molecule has 8 nitrogen and oxygen atoms in total. The van der Waals surface area contributed by atoms with E-state index in [1.54, 1.807) is 27.7 Å². The summed E-state index contributed by atoms with van der Waals surface area (Å²) in [5.41, 5.74) is 0.594. The first-order chi connectivity index (χ1) is 14.2. The molecule has 0 aliphatic carbocycles. The fraction of sp³-hybridized carbons (Fsp3) is 0.545. The molecule has 0 bridgehead atoms. The number of nitrogens with one attached hydrogen (secondary N) is 1. The summed E-state index contributed by atoms with van der Waals surface area (Å²) < 4.78 is 7.15. The van der Waals surface area contributed by atoms with Crippen LogP contribution in [0.25, 0.3) is 10.9 Å². The van der Waals surface area contributed by atoms with Crippen molar-refractivity contribution in [3.05, 3.63) is 34.4 Å². The summed E-state index contributed by atoms with van der Waals surface area (Å²) in [5, 5.41) is 3.42. The maximum Gasteiger partial charge on any atom is 0.410 e. The Bertz CT molecular complexity index is 1050. The first-order valence-corrected chi connectivity index (χ1v) is 10.5. The highest BCUT2D eigenvalue weighted by Crippen LogP contribution is 2.23. The molecule has 30 heavy (non-hydrogen) atoms. The second-order valence-electron chi connectivity index (χ2n) is 9.08. The molecule has 1 aromatic carbocycles. The first kappa shape index (κ1) is 20.4. The van der Waals surface area contributed by atoms with Gasteiger partial charge in [0, 0.05) is 31.7 Å². The maximum absolute atomic E-state index is 12.8. The van der Waals surface area contributed by atoms with Crippen LogP contribution in [0.4, 0.5) is 10.5 Å². The molecule has 1 saturated heterocycles. The molecule has 160 valence electrons. The number of anilines is 1. The van der Waals surface area contributed by atoms with Gasteiger partial charge in [-0.25, -0.2) is 9.78 Å². The average molecular weight is 412 g/mol. The van der Waals surface area contributed by atoms with Crippen LogP contribution in [0, 0.1) is 5.92 Å². The molecule has 1 unspecified atom stereocenters. The Morgan fingerprint density at radius 2 is 2.00 bits per heavy atom. The molecule has 2 aromatic rings. The Morgan fingerprint density at radius 3 is 2.77 bits per heavy atom. The lowest BCUT2D eigenvalue weighted by molar-refractivity contribution is -0.121. The Labute approximate surface area is 175 Å². The van der Waals surface area contributed by atoms with Crippen molar-refractivity contribution >= 4 is 28.6 Å². The van der Waals surface area contributed by atoms with Crippen LogP contribution >= 0.6 is 0 Å².